The van der Waals surface area contributed by atoms with Crippen molar-refractivity contribution in [2.75, 3.05) is 12.8 Å². The molecule has 1 aromatic rings. The van der Waals surface area contributed by atoms with Gasteiger partial charge in [0.1, 0.15) is 5.75 Å². The zero-order chi connectivity index (χ0) is 12.9. The largest absolute Gasteiger partial charge is 0.358 e. The molecule has 6 heteroatoms. The topological polar surface area (TPSA) is 87.0 Å². The number of carbonyl (C=O) groups excluding carboxylic acids is 1. The van der Waals surface area contributed by atoms with Gasteiger partial charge in [0.15, 0.2) is 9.84 Å². The van der Waals surface area contributed by atoms with Gasteiger partial charge in [0.25, 0.3) is 0 Å². The number of carbonyl (C=O) groups is 1. The van der Waals surface area contributed by atoms with Crippen molar-refractivity contribution in [3.63, 3.8) is 0 Å². The summed E-state index contributed by atoms with van der Waals surface area (Å²) in [6.45, 7) is 0. The van der Waals surface area contributed by atoms with Gasteiger partial charge in [-0.3, -0.25) is 4.79 Å². The summed E-state index contributed by atoms with van der Waals surface area (Å²) in [6, 6.07) is 8.35. The average molecular weight is 252 g/mol. The van der Waals surface area contributed by atoms with E-state index in [1.165, 1.54) is 7.05 Å². The molecule has 0 aliphatic carbocycles. The molecule has 0 spiro atoms. The number of benzene rings is 1. The quantitative estimate of drug-likeness (QED) is 0.830. The maximum absolute atomic E-state index is 11.7. The minimum absolute atomic E-state index is 0.301. The van der Waals surface area contributed by atoms with Crippen molar-refractivity contribution in [1.82, 2.24) is 5.32 Å². The molecule has 1 rings (SSSR count). The molecule has 1 aromatic carbocycles. The van der Waals surface area contributed by atoms with Crippen LogP contribution in [0.25, 0.3) is 0 Å². The lowest BCUT2D eigenvalue weighted by Gasteiger charge is -2.05. The Kier molecular flexibility index (Phi) is 4.24. The van der Waals surface area contributed by atoms with Gasteiger partial charge < -0.3 is 5.32 Å². The molecule has 0 aliphatic rings. The highest BCUT2D eigenvalue weighted by atomic mass is 32.2. The molecule has 0 saturated heterocycles. The summed E-state index contributed by atoms with van der Waals surface area (Å²) >= 11 is 0. The predicted octanol–water partition coefficient (Wildman–Crippen LogP) is 0.219. The van der Waals surface area contributed by atoms with E-state index in [2.05, 4.69) is 5.32 Å². The minimum Gasteiger partial charge on any atom is -0.358 e. The number of nitriles is 1. The van der Waals surface area contributed by atoms with Crippen LogP contribution in [-0.4, -0.2) is 27.1 Å². The highest BCUT2D eigenvalue weighted by molar-refractivity contribution is 7.91. The van der Waals surface area contributed by atoms with Crippen LogP contribution in [0.3, 0.4) is 0 Å². The normalized spacial score (nSPS) is 10.6. The van der Waals surface area contributed by atoms with Crippen molar-refractivity contribution in [3.8, 4) is 6.07 Å². The van der Waals surface area contributed by atoms with E-state index in [0.29, 0.717) is 11.1 Å². The van der Waals surface area contributed by atoms with Crippen LogP contribution < -0.4 is 5.32 Å². The smallest absolute Gasteiger partial charge is 0.234 e. The lowest BCUT2D eigenvalue weighted by atomic mass is 10.1. The van der Waals surface area contributed by atoms with Crippen LogP contribution in [0.1, 0.15) is 11.1 Å². The number of hydrogen-bond donors (Lipinski definition) is 1. The number of sulfone groups is 1. The van der Waals surface area contributed by atoms with Crippen LogP contribution in [0, 0.1) is 11.3 Å². The van der Waals surface area contributed by atoms with Crippen LogP contribution in [0.15, 0.2) is 24.3 Å². The van der Waals surface area contributed by atoms with E-state index in [1.807, 2.05) is 6.07 Å². The maximum Gasteiger partial charge on any atom is 0.234 e. The second kappa shape index (κ2) is 5.46. The first-order valence-corrected chi connectivity index (χ1v) is 6.69. The molecule has 0 radical (unpaired) electrons. The third kappa shape index (κ3) is 3.89. The first-order chi connectivity index (χ1) is 7.98. The zero-order valence-electron chi connectivity index (χ0n) is 9.30. The molecular formula is C11H12N2O3S. The molecule has 17 heavy (non-hydrogen) atoms. The fraction of sp³-hybridized carbons (Fsp3) is 0.273. The maximum atomic E-state index is 11.7. The van der Waals surface area contributed by atoms with Gasteiger partial charge in [0.2, 0.25) is 5.91 Å². The van der Waals surface area contributed by atoms with E-state index in [-0.39, 0.29) is 5.75 Å². The van der Waals surface area contributed by atoms with Crippen LogP contribution in [0.5, 0.6) is 0 Å². The summed E-state index contributed by atoms with van der Waals surface area (Å²) in [5, 5.41) is 11.1. The number of rotatable bonds is 4. The van der Waals surface area contributed by atoms with E-state index in [0.717, 1.165) is 0 Å². The monoisotopic (exact) mass is 252 g/mol. The van der Waals surface area contributed by atoms with Gasteiger partial charge in [-0.25, -0.2) is 8.42 Å². The van der Waals surface area contributed by atoms with Crippen LogP contribution in [0.4, 0.5) is 0 Å². The zero-order valence-corrected chi connectivity index (χ0v) is 10.1. The van der Waals surface area contributed by atoms with Gasteiger partial charge in [-0.15, -0.1) is 0 Å². The Morgan fingerprint density at radius 3 is 2.65 bits per heavy atom. The van der Waals surface area contributed by atoms with E-state index in [4.69, 9.17) is 5.26 Å². The summed E-state index contributed by atoms with van der Waals surface area (Å²) in [7, 11) is -2.17. The van der Waals surface area contributed by atoms with Crippen LogP contribution in [-0.2, 0) is 20.4 Å². The lowest BCUT2D eigenvalue weighted by Crippen LogP contribution is -2.27. The van der Waals surface area contributed by atoms with Crippen molar-refractivity contribution in [2.24, 2.45) is 0 Å². The molecule has 0 aliphatic heterocycles. The third-order valence-corrected chi connectivity index (χ3v) is 3.60. The molecular weight excluding hydrogens is 240 g/mol. The Morgan fingerprint density at radius 1 is 1.41 bits per heavy atom. The van der Waals surface area contributed by atoms with Gasteiger partial charge in [-0.1, -0.05) is 18.2 Å². The van der Waals surface area contributed by atoms with E-state index in [9.17, 15) is 13.2 Å². The highest BCUT2D eigenvalue weighted by Crippen LogP contribution is 2.11. The van der Waals surface area contributed by atoms with Crippen LogP contribution >= 0.6 is 0 Å². The fourth-order valence-corrected chi connectivity index (χ4v) is 2.69. The second-order valence-electron chi connectivity index (χ2n) is 3.47. The molecule has 0 fully saturated rings. The van der Waals surface area contributed by atoms with E-state index < -0.39 is 21.5 Å². The Morgan fingerprint density at radius 2 is 2.06 bits per heavy atom. The first kappa shape index (κ1) is 13.2. The molecule has 0 saturated carbocycles. The minimum atomic E-state index is -3.54. The molecule has 0 atom stereocenters. The van der Waals surface area contributed by atoms with Crippen LogP contribution in [0.2, 0.25) is 0 Å². The van der Waals surface area contributed by atoms with Gasteiger partial charge >= 0.3 is 0 Å². The van der Waals surface area contributed by atoms with Gasteiger partial charge in [-0.05, 0) is 11.6 Å². The summed E-state index contributed by atoms with van der Waals surface area (Å²) < 4.78 is 23.3. The molecule has 0 aromatic heterocycles. The Balaban J connectivity index is 2.91. The van der Waals surface area contributed by atoms with Gasteiger partial charge in [0, 0.05) is 7.05 Å². The number of nitrogens with one attached hydrogen (secondary N) is 1. The van der Waals surface area contributed by atoms with Gasteiger partial charge in [-0.2, -0.15) is 5.26 Å². The molecule has 1 amide bonds. The summed E-state index contributed by atoms with van der Waals surface area (Å²) in [5.74, 6) is -1.42. The Hall–Kier alpha value is -1.87. The molecule has 5 nitrogen and oxygen atoms in total. The predicted molar refractivity (Wildman–Crippen MR) is 62.7 cm³/mol. The lowest BCUT2D eigenvalue weighted by molar-refractivity contribution is -0.118. The Labute approximate surface area is 100.0 Å². The third-order valence-electron chi connectivity index (χ3n) is 2.14. The van der Waals surface area contributed by atoms with Crippen molar-refractivity contribution < 1.29 is 13.2 Å². The standard InChI is InChI=1S/C11H12N2O3S/c1-13-11(14)8-17(15,16)7-10-5-3-2-4-9(10)6-12/h2-5H,7-8H2,1H3,(H,13,14). The van der Waals surface area contributed by atoms with Crippen molar-refractivity contribution in [3.05, 3.63) is 35.4 Å². The molecule has 0 unspecified atom stereocenters. The fourth-order valence-electron chi connectivity index (χ4n) is 1.32. The molecule has 90 valence electrons. The first-order valence-electron chi connectivity index (χ1n) is 4.87. The van der Waals surface area contributed by atoms with E-state index >= 15 is 0 Å². The van der Waals surface area contributed by atoms with Crippen molar-refractivity contribution in [1.29, 1.82) is 5.26 Å². The number of amides is 1. The van der Waals surface area contributed by atoms with E-state index in [1.54, 1.807) is 24.3 Å². The van der Waals surface area contributed by atoms with Gasteiger partial charge in [0.05, 0.1) is 17.4 Å². The second-order valence-corrected chi connectivity index (χ2v) is 5.54. The number of hydrogen-bond acceptors (Lipinski definition) is 4. The summed E-state index contributed by atoms with van der Waals surface area (Å²) in [4.78, 5) is 11.0. The number of nitrogens with zero attached hydrogens (tertiary/aromatic N) is 1. The summed E-state index contributed by atoms with van der Waals surface area (Å²) in [6.07, 6.45) is 0. The van der Waals surface area contributed by atoms with Crippen molar-refractivity contribution in [2.45, 2.75) is 5.75 Å². The Bertz CT molecular complexity index is 558. The SMILES string of the molecule is CNC(=O)CS(=O)(=O)Cc1ccccc1C#N. The molecule has 1 N–H and O–H groups in total. The molecule has 0 bridgehead atoms. The van der Waals surface area contributed by atoms with Crippen molar-refractivity contribution >= 4 is 15.7 Å². The molecule has 0 heterocycles. The average Bonchev–Trinajstić information content (AvgIpc) is 2.28. The summed E-state index contributed by atoms with van der Waals surface area (Å²) in [5.41, 5.74) is 0.729. The highest BCUT2D eigenvalue weighted by Gasteiger charge is 2.17.